The highest BCUT2D eigenvalue weighted by molar-refractivity contribution is 5.58. The van der Waals surface area contributed by atoms with Crippen LogP contribution in [0.5, 0.6) is 11.5 Å². The molecule has 0 radical (unpaired) electrons. The lowest BCUT2D eigenvalue weighted by Crippen LogP contribution is -2.33. The molecule has 4 nitrogen and oxygen atoms in total. The lowest BCUT2D eigenvalue weighted by atomic mass is 9.77. The predicted octanol–water partition coefficient (Wildman–Crippen LogP) is 6.92. The third-order valence-electron chi connectivity index (χ3n) is 9.48. The van der Waals surface area contributed by atoms with Gasteiger partial charge >= 0.3 is 0 Å². The van der Waals surface area contributed by atoms with Crippen molar-refractivity contribution in [3.63, 3.8) is 0 Å². The number of hydrogen-bond donors (Lipinski definition) is 0. The standard InChI is InChI=1S/C35H34N2O2/c1-35(2,29-9-13-33-27(15-29)19-36(21-38-33)31-11-7-23-3-5-25(23)17-31)30-10-14-34-28(16-30)20-37(22-39-34)32-12-8-24-4-6-26(24)18-32/h7-18H,3-6,19-22H2,1-2H3. The summed E-state index contributed by atoms with van der Waals surface area (Å²) in [5.74, 6) is 2.01. The van der Waals surface area contributed by atoms with E-state index in [9.17, 15) is 0 Å². The van der Waals surface area contributed by atoms with Crippen LogP contribution >= 0.6 is 0 Å². The fourth-order valence-electron chi connectivity index (χ4n) is 6.52. The van der Waals surface area contributed by atoms with Gasteiger partial charge in [-0.1, -0.05) is 38.1 Å². The van der Waals surface area contributed by atoms with Crippen molar-refractivity contribution in [1.82, 2.24) is 0 Å². The fourth-order valence-corrected chi connectivity index (χ4v) is 6.52. The lowest BCUT2D eigenvalue weighted by molar-refractivity contribution is 0.288. The maximum Gasteiger partial charge on any atom is 0.161 e. The topological polar surface area (TPSA) is 24.9 Å². The second kappa shape index (κ2) is 8.54. The average molecular weight is 515 g/mol. The van der Waals surface area contributed by atoms with Gasteiger partial charge in [-0.15, -0.1) is 0 Å². The van der Waals surface area contributed by atoms with Crippen LogP contribution in [0.1, 0.15) is 58.4 Å². The first-order valence-electron chi connectivity index (χ1n) is 14.3. The van der Waals surface area contributed by atoms with Gasteiger partial charge in [0.1, 0.15) is 11.5 Å². The van der Waals surface area contributed by atoms with Gasteiger partial charge in [0.05, 0.1) is 0 Å². The molecule has 2 aliphatic heterocycles. The van der Waals surface area contributed by atoms with E-state index >= 15 is 0 Å². The monoisotopic (exact) mass is 514 g/mol. The first-order valence-corrected chi connectivity index (χ1v) is 14.3. The van der Waals surface area contributed by atoms with Crippen molar-refractivity contribution in [2.75, 3.05) is 23.3 Å². The minimum atomic E-state index is -0.153. The Labute approximate surface area is 230 Å². The zero-order valence-electron chi connectivity index (χ0n) is 22.8. The summed E-state index contributed by atoms with van der Waals surface area (Å²) in [5, 5.41) is 0. The van der Waals surface area contributed by atoms with Crippen LogP contribution in [0.2, 0.25) is 0 Å². The van der Waals surface area contributed by atoms with E-state index in [0.717, 1.165) is 24.6 Å². The molecule has 0 spiro atoms. The maximum absolute atomic E-state index is 6.20. The molecular formula is C35H34N2O2. The maximum atomic E-state index is 6.20. The van der Waals surface area contributed by atoms with E-state index < -0.39 is 0 Å². The van der Waals surface area contributed by atoms with Crippen molar-refractivity contribution in [2.24, 2.45) is 0 Å². The normalized spacial score (nSPS) is 17.0. The minimum Gasteiger partial charge on any atom is -0.473 e. The Balaban J connectivity index is 1.06. The summed E-state index contributed by atoms with van der Waals surface area (Å²) in [6.07, 6.45) is 4.83. The Bertz CT molecular complexity index is 1500. The molecule has 2 heterocycles. The van der Waals surface area contributed by atoms with Crippen LogP contribution in [0.25, 0.3) is 0 Å². The molecule has 0 aromatic heterocycles. The summed E-state index contributed by atoms with van der Waals surface area (Å²) in [7, 11) is 0. The first kappa shape index (κ1) is 23.0. The number of aryl methyl sites for hydroxylation is 4. The number of anilines is 2. The molecule has 0 amide bonds. The van der Waals surface area contributed by atoms with Crippen molar-refractivity contribution >= 4 is 11.4 Å². The molecule has 8 rings (SSSR count). The van der Waals surface area contributed by atoms with Crippen molar-refractivity contribution in [1.29, 1.82) is 0 Å². The molecule has 0 fully saturated rings. The highest BCUT2D eigenvalue weighted by atomic mass is 16.5. The molecule has 0 unspecified atom stereocenters. The quantitative estimate of drug-likeness (QED) is 0.295. The third-order valence-corrected chi connectivity index (χ3v) is 9.48. The highest BCUT2D eigenvalue weighted by Gasteiger charge is 2.29. The summed E-state index contributed by atoms with van der Waals surface area (Å²) in [6.45, 7) is 7.58. The molecule has 2 aliphatic carbocycles. The molecule has 0 saturated heterocycles. The molecule has 196 valence electrons. The Morgan fingerprint density at radius 1 is 0.513 bits per heavy atom. The van der Waals surface area contributed by atoms with Crippen molar-refractivity contribution in [3.8, 4) is 11.5 Å². The molecule has 4 aromatic carbocycles. The van der Waals surface area contributed by atoms with Gasteiger partial charge < -0.3 is 19.3 Å². The Morgan fingerprint density at radius 3 is 1.38 bits per heavy atom. The van der Waals surface area contributed by atoms with Gasteiger partial charge in [-0.25, -0.2) is 0 Å². The Hall–Kier alpha value is -3.92. The molecule has 0 atom stereocenters. The number of hydrogen-bond acceptors (Lipinski definition) is 4. The van der Waals surface area contributed by atoms with E-state index in [-0.39, 0.29) is 5.41 Å². The van der Waals surface area contributed by atoms with Gasteiger partial charge in [-0.3, -0.25) is 0 Å². The molecule has 4 aromatic rings. The van der Waals surface area contributed by atoms with Crippen LogP contribution in [0.15, 0.2) is 72.8 Å². The van der Waals surface area contributed by atoms with Gasteiger partial charge in [0.25, 0.3) is 0 Å². The van der Waals surface area contributed by atoms with Crippen LogP contribution in [-0.2, 0) is 44.2 Å². The summed E-state index contributed by atoms with van der Waals surface area (Å²) < 4.78 is 12.4. The SMILES string of the molecule is CC(C)(c1ccc2c(c1)CN(c1ccc3c(c1)CC3)CO2)c1ccc2c(c1)CN(c1ccc3c(c1)CC3)CO2. The minimum absolute atomic E-state index is 0.153. The van der Waals surface area contributed by atoms with Gasteiger partial charge in [0.15, 0.2) is 13.5 Å². The zero-order chi connectivity index (χ0) is 26.1. The predicted molar refractivity (Wildman–Crippen MR) is 156 cm³/mol. The van der Waals surface area contributed by atoms with Gasteiger partial charge in [-0.2, -0.15) is 0 Å². The van der Waals surface area contributed by atoms with Crippen LogP contribution in [0.4, 0.5) is 11.4 Å². The number of rotatable bonds is 4. The summed E-state index contributed by atoms with van der Waals surface area (Å²) >= 11 is 0. The van der Waals surface area contributed by atoms with E-state index in [2.05, 4.69) is 96.4 Å². The van der Waals surface area contributed by atoms with Crippen molar-refractivity contribution in [3.05, 3.63) is 117 Å². The molecule has 0 bridgehead atoms. The first-order chi connectivity index (χ1) is 19.0. The number of ether oxygens (including phenoxy) is 2. The van der Waals surface area contributed by atoms with Crippen LogP contribution < -0.4 is 19.3 Å². The van der Waals surface area contributed by atoms with E-state index in [1.54, 1.807) is 0 Å². The number of benzene rings is 4. The fraction of sp³-hybridized carbons (Fsp3) is 0.314. The Kier molecular flexibility index (Phi) is 5.04. The van der Waals surface area contributed by atoms with E-state index in [1.165, 1.54) is 81.6 Å². The summed E-state index contributed by atoms with van der Waals surface area (Å²) in [5.41, 5.74) is 13.5. The molecule has 0 N–H and O–H groups in total. The molecule has 39 heavy (non-hydrogen) atoms. The van der Waals surface area contributed by atoms with E-state index in [0.29, 0.717) is 13.5 Å². The number of nitrogens with zero attached hydrogens (tertiary/aromatic N) is 2. The molecule has 4 heteroatoms. The van der Waals surface area contributed by atoms with Crippen molar-refractivity contribution in [2.45, 2.75) is 58.0 Å². The molecular weight excluding hydrogens is 480 g/mol. The Morgan fingerprint density at radius 2 is 0.974 bits per heavy atom. The molecule has 4 aliphatic rings. The van der Waals surface area contributed by atoms with Crippen molar-refractivity contribution < 1.29 is 9.47 Å². The van der Waals surface area contributed by atoms with E-state index in [1.807, 2.05) is 0 Å². The molecule has 0 saturated carbocycles. The average Bonchev–Trinajstić information content (AvgIpc) is 2.93. The van der Waals surface area contributed by atoms with Crippen LogP contribution in [-0.4, -0.2) is 13.5 Å². The largest absolute Gasteiger partial charge is 0.473 e. The lowest BCUT2D eigenvalue weighted by Gasteiger charge is -2.35. The zero-order valence-corrected chi connectivity index (χ0v) is 22.8. The highest BCUT2D eigenvalue weighted by Crippen LogP contribution is 2.40. The second-order valence-electron chi connectivity index (χ2n) is 12.1. The van der Waals surface area contributed by atoms with E-state index in [4.69, 9.17) is 9.47 Å². The van der Waals surface area contributed by atoms with Gasteiger partial charge in [0, 0.05) is 41.0 Å². The van der Waals surface area contributed by atoms with Gasteiger partial charge in [-0.05, 0) is 108 Å². The van der Waals surface area contributed by atoms with Crippen LogP contribution in [0, 0.1) is 0 Å². The van der Waals surface area contributed by atoms with Crippen LogP contribution in [0.3, 0.4) is 0 Å². The smallest absolute Gasteiger partial charge is 0.161 e. The summed E-state index contributed by atoms with van der Waals surface area (Å²) in [6, 6.07) is 27.3. The second-order valence-corrected chi connectivity index (χ2v) is 12.1. The number of fused-ring (bicyclic) bond motifs is 4. The third kappa shape index (κ3) is 3.80. The van der Waals surface area contributed by atoms with Gasteiger partial charge in [0.2, 0.25) is 0 Å². The summed E-state index contributed by atoms with van der Waals surface area (Å²) in [4.78, 5) is 4.69.